The van der Waals surface area contributed by atoms with Crippen LogP contribution in [0.5, 0.6) is 0 Å². The van der Waals surface area contributed by atoms with E-state index in [-0.39, 0.29) is 35.0 Å². The summed E-state index contributed by atoms with van der Waals surface area (Å²) in [5, 5.41) is 27.0. The van der Waals surface area contributed by atoms with Gasteiger partial charge in [-0.15, -0.1) is 0 Å². The maximum Gasteiger partial charge on any atom is 0.335 e. The molecule has 1 saturated heterocycles. The molecule has 0 aliphatic carbocycles. The highest BCUT2D eigenvalue weighted by atomic mass is 35.5. The first-order valence-electron chi connectivity index (χ1n) is 16.2. The SMILES string of the molecule is CC(C)(C)C[C@@H]1N[C@@H](C(=O)NCc2cccc(C(=O)O)c2)[C@H](c2ccccc2Cl)[C@]12CN(Cc1ccc(C(=O)O)cc1)c1ccc(Cl)cc12. The van der Waals surface area contributed by atoms with Crippen LogP contribution in [0.15, 0.2) is 91.0 Å². The average molecular weight is 701 g/mol. The van der Waals surface area contributed by atoms with Gasteiger partial charge < -0.3 is 25.7 Å². The predicted octanol–water partition coefficient (Wildman–Crippen LogP) is 7.52. The van der Waals surface area contributed by atoms with Gasteiger partial charge in [-0.2, -0.15) is 0 Å². The number of hydrogen-bond donors (Lipinski definition) is 4. The molecule has 1 amide bonds. The van der Waals surface area contributed by atoms with Crippen molar-refractivity contribution in [2.45, 2.75) is 63.7 Å². The Morgan fingerprint density at radius 3 is 2.27 bits per heavy atom. The molecule has 4 N–H and O–H groups in total. The van der Waals surface area contributed by atoms with E-state index < -0.39 is 29.3 Å². The molecule has 4 atom stereocenters. The van der Waals surface area contributed by atoms with Crippen LogP contribution in [0, 0.1) is 5.41 Å². The summed E-state index contributed by atoms with van der Waals surface area (Å²) in [6.45, 7) is 7.79. The van der Waals surface area contributed by atoms with Crippen LogP contribution < -0.4 is 15.5 Å². The first kappa shape index (κ1) is 34.5. The van der Waals surface area contributed by atoms with Gasteiger partial charge in [0.2, 0.25) is 5.91 Å². The molecule has 49 heavy (non-hydrogen) atoms. The number of halogens is 2. The molecule has 2 aliphatic heterocycles. The Morgan fingerprint density at radius 1 is 0.878 bits per heavy atom. The maximum atomic E-state index is 14.4. The summed E-state index contributed by atoms with van der Waals surface area (Å²) in [6.07, 6.45) is 0.742. The Kier molecular flexibility index (Phi) is 9.50. The lowest BCUT2D eigenvalue weighted by atomic mass is 9.63. The Balaban J connectivity index is 1.45. The van der Waals surface area contributed by atoms with Crippen LogP contribution in [0.2, 0.25) is 10.0 Å². The van der Waals surface area contributed by atoms with Crippen molar-refractivity contribution in [2.75, 3.05) is 11.4 Å². The number of nitrogens with one attached hydrogen (secondary N) is 2. The third-order valence-electron chi connectivity index (χ3n) is 9.70. The van der Waals surface area contributed by atoms with Crippen molar-refractivity contribution in [1.82, 2.24) is 10.6 Å². The lowest BCUT2D eigenvalue weighted by Crippen LogP contribution is -2.48. The number of carbonyl (C=O) groups is 3. The quantitative estimate of drug-likeness (QED) is 0.143. The van der Waals surface area contributed by atoms with Gasteiger partial charge >= 0.3 is 11.9 Å². The molecular weight excluding hydrogens is 661 g/mol. The molecule has 2 aliphatic rings. The molecule has 254 valence electrons. The Morgan fingerprint density at radius 2 is 1.59 bits per heavy atom. The number of hydrogen-bond acceptors (Lipinski definition) is 5. The van der Waals surface area contributed by atoms with Gasteiger partial charge in [0.15, 0.2) is 0 Å². The summed E-state index contributed by atoms with van der Waals surface area (Å²) >= 11 is 13.8. The molecule has 0 radical (unpaired) electrons. The fourth-order valence-corrected chi connectivity index (χ4v) is 8.10. The molecule has 1 spiro atoms. The van der Waals surface area contributed by atoms with Crippen LogP contribution in [0.4, 0.5) is 5.69 Å². The smallest absolute Gasteiger partial charge is 0.335 e. The zero-order valence-electron chi connectivity index (χ0n) is 27.5. The number of carboxylic acid groups (broad SMARTS) is 2. The number of rotatable bonds is 9. The molecule has 1 fully saturated rings. The van der Waals surface area contributed by atoms with E-state index in [1.807, 2.05) is 54.6 Å². The number of anilines is 1. The zero-order chi connectivity index (χ0) is 35.1. The summed E-state index contributed by atoms with van der Waals surface area (Å²) in [4.78, 5) is 39.8. The van der Waals surface area contributed by atoms with Gasteiger partial charge in [-0.3, -0.25) is 4.79 Å². The van der Waals surface area contributed by atoms with E-state index >= 15 is 0 Å². The van der Waals surface area contributed by atoms with Gasteiger partial charge in [-0.1, -0.05) is 86.4 Å². The van der Waals surface area contributed by atoms with E-state index in [0.29, 0.717) is 28.7 Å². The maximum absolute atomic E-state index is 14.4. The minimum atomic E-state index is -1.03. The van der Waals surface area contributed by atoms with Crippen molar-refractivity contribution in [3.05, 3.63) is 134 Å². The normalized spacial score (nSPS) is 21.5. The van der Waals surface area contributed by atoms with E-state index in [2.05, 4.69) is 36.3 Å². The first-order chi connectivity index (χ1) is 23.3. The summed E-state index contributed by atoms with van der Waals surface area (Å²) < 4.78 is 0. The monoisotopic (exact) mass is 699 g/mol. The van der Waals surface area contributed by atoms with E-state index in [1.54, 1.807) is 30.3 Å². The summed E-state index contributed by atoms with van der Waals surface area (Å²) in [5.41, 5.74) is 4.12. The molecule has 0 unspecified atom stereocenters. The van der Waals surface area contributed by atoms with Gasteiger partial charge in [0.05, 0.1) is 17.2 Å². The van der Waals surface area contributed by atoms with Crippen molar-refractivity contribution in [2.24, 2.45) is 5.41 Å². The van der Waals surface area contributed by atoms with Crippen LogP contribution >= 0.6 is 23.2 Å². The highest BCUT2D eigenvalue weighted by molar-refractivity contribution is 6.31. The lowest BCUT2D eigenvalue weighted by Gasteiger charge is -2.40. The van der Waals surface area contributed by atoms with Gasteiger partial charge in [0, 0.05) is 52.7 Å². The van der Waals surface area contributed by atoms with Crippen LogP contribution in [0.3, 0.4) is 0 Å². The molecule has 10 heteroatoms. The molecule has 8 nitrogen and oxygen atoms in total. The Labute approximate surface area is 296 Å². The van der Waals surface area contributed by atoms with Crippen molar-refractivity contribution in [1.29, 1.82) is 0 Å². The number of carboxylic acids is 2. The number of carbonyl (C=O) groups excluding carboxylic acids is 1. The zero-order valence-corrected chi connectivity index (χ0v) is 29.1. The molecule has 2 heterocycles. The van der Waals surface area contributed by atoms with E-state index in [4.69, 9.17) is 23.2 Å². The van der Waals surface area contributed by atoms with Crippen molar-refractivity contribution in [3.8, 4) is 0 Å². The molecule has 0 aromatic heterocycles. The van der Waals surface area contributed by atoms with Gasteiger partial charge in [-0.25, -0.2) is 9.59 Å². The fraction of sp³-hybridized carbons (Fsp3) is 0.308. The van der Waals surface area contributed by atoms with Crippen molar-refractivity contribution in [3.63, 3.8) is 0 Å². The largest absolute Gasteiger partial charge is 0.478 e. The number of fused-ring (bicyclic) bond motifs is 2. The average Bonchev–Trinajstić information content (AvgIpc) is 3.53. The van der Waals surface area contributed by atoms with E-state index in [9.17, 15) is 24.6 Å². The van der Waals surface area contributed by atoms with Gasteiger partial charge in [0.25, 0.3) is 0 Å². The third kappa shape index (κ3) is 6.91. The summed E-state index contributed by atoms with van der Waals surface area (Å²) in [6, 6.07) is 26.2. The second-order valence-corrected chi connectivity index (χ2v) is 15.1. The summed E-state index contributed by atoms with van der Waals surface area (Å²) in [5.74, 6) is -2.63. The number of benzene rings is 4. The molecular formula is C39H39Cl2N3O5. The van der Waals surface area contributed by atoms with Crippen LogP contribution in [-0.4, -0.2) is 46.7 Å². The molecule has 0 bridgehead atoms. The Bertz CT molecular complexity index is 1910. The fourth-order valence-electron chi connectivity index (χ4n) is 7.68. The van der Waals surface area contributed by atoms with E-state index in [0.717, 1.165) is 28.8 Å². The standard InChI is InChI=1S/C39H39Cl2N3O5/c1-38(2,3)19-32-39(22-44(31-16-15-27(40)18-29(31)39)21-23-11-13-25(14-12-23)36(46)47)33(28-9-4-5-10-30(28)41)34(43-32)35(45)42-20-24-7-6-8-26(17-24)37(48)49/h4-18,32-34,43H,19-22H2,1-3H3,(H,42,45)(H,46,47)(H,48,49)/t32-,33-,34+,39-/m0/s1. The minimum absolute atomic E-state index is 0.114. The van der Waals surface area contributed by atoms with Crippen molar-refractivity contribution < 1.29 is 24.6 Å². The van der Waals surface area contributed by atoms with Crippen LogP contribution in [0.1, 0.15) is 76.1 Å². The lowest BCUT2D eigenvalue weighted by molar-refractivity contribution is -0.123. The van der Waals surface area contributed by atoms with Crippen molar-refractivity contribution >= 4 is 46.7 Å². The topological polar surface area (TPSA) is 119 Å². The summed E-state index contributed by atoms with van der Waals surface area (Å²) in [7, 11) is 0. The second-order valence-electron chi connectivity index (χ2n) is 14.2. The highest BCUT2D eigenvalue weighted by Crippen LogP contribution is 2.58. The molecule has 4 aromatic rings. The predicted molar refractivity (Wildman–Crippen MR) is 192 cm³/mol. The molecule has 0 saturated carbocycles. The minimum Gasteiger partial charge on any atom is -0.478 e. The highest BCUT2D eigenvalue weighted by Gasteiger charge is 2.62. The third-order valence-corrected chi connectivity index (χ3v) is 10.3. The van der Waals surface area contributed by atoms with Gasteiger partial charge in [-0.05, 0) is 82.6 Å². The van der Waals surface area contributed by atoms with Crippen LogP contribution in [-0.2, 0) is 23.3 Å². The molecule has 4 aromatic carbocycles. The molecule has 6 rings (SSSR count). The van der Waals surface area contributed by atoms with Gasteiger partial charge in [0.1, 0.15) is 0 Å². The Hall–Kier alpha value is -4.37. The van der Waals surface area contributed by atoms with E-state index in [1.165, 1.54) is 6.07 Å². The number of aromatic carboxylic acids is 2. The number of amides is 1. The second kappa shape index (κ2) is 13.5. The first-order valence-corrected chi connectivity index (χ1v) is 17.0. The van der Waals surface area contributed by atoms with Crippen LogP contribution in [0.25, 0.3) is 0 Å². The number of nitrogens with zero attached hydrogens (tertiary/aromatic N) is 1.